The van der Waals surface area contributed by atoms with E-state index >= 15 is 0 Å². The predicted molar refractivity (Wildman–Crippen MR) is 126 cm³/mol. The van der Waals surface area contributed by atoms with Crippen molar-refractivity contribution in [2.75, 3.05) is 7.05 Å². The second kappa shape index (κ2) is 9.71. The molecule has 0 radical (unpaired) electrons. The molecule has 9 nitrogen and oxygen atoms in total. The van der Waals surface area contributed by atoms with Gasteiger partial charge >= 0.3 is 6.36 Å². The number of alkyl halides is 3. The van der Waals surface area contributed by atoms with Crippen molar-refractivity contribution < 1.29 is 22.6 Å². The normalized spacial score (nSPS) is 14.6. The van der Waals surface area contributed by atoms with E-state index in [-0.39, 0.29) is 35.2 Å². The highest BCUT2D eigenvalue weighted by Crippen LogP contribution is 2.37. The molecular formula is C24H21F3N6O3. The van der Waals surface area contributed by atoms with Crippen LogP contribution in [0.5, 0.6) is 11.5 Å². The van der Waals surface area contributed by atoms with Crippen molar-refractivity contribution in [3.8, 4) is 17.6 Å². The molecule has 5 N–H and O–H groups in total. The third-order valence-electron chi connectivity index (χ3n) is 5.51. The van der Waals surface area contributed by atoms with Gasteiger partial charge in [-0.1, -0.05) is 6.07 Å². The molecule has 0 unspecified atom stereocenters. The van der Waals surface area contributed by atoms with Crippen LogP contribution in [0.3, 0.4) is 0 Å². The number of hydrogen-bond acceptors (Lipinski definition) is 8. The number of H-pyrrole nitrogens is 1. The first-order chi connectivity index (χ1) is 17.2. The van der Waals surface area contributed by atoms with Gasteiger partial charge in [-0.2, -0.15) is 10.4 Å². The lowest BCUT2D eigenvalue weighted by molar-refractivity contribution is -0.274. The molecule has 0 atom stereocenters. The summed E-state index contributed by atoms with van der Waals surface area (Å²) in [5.41, 5.74) is 12.6. The Bertz CT molecular complexity index is 1480. The lowest BCUT2D eigenvalue weighted by atomic mass is 9.91. The van der Waals surface area contributed by atoms with Crippen LogP contribution in [0.25, 0.3) is 16.3 Å². The van der Waals surface area contributed by atoms with E-state index in [0.717, 1.165) is 25.0 Å². The maximum atomic E-state index is 13.1. The van der Waals surface area contributed by atoms with Crippen molar-refractivity contribution in [1.29, 1.82) is 5.26 Å². The molecule has 36 heavy (non-hydrogen) atoms. The summed E-state index contributed by atoms with van der Waals surface area (Å²) in [4.78, 5) is 16.4. The third kappa shape index (κ3) is 5.01. The van der Waals surface area contributed by atoms with E-state index in [1.165, 1.54) is 13.2 Å². The first-order valence-corrected chi connectivity index (χ1v) is 10.8. The maximum Gasteiger partial charge on any atom is 0.573 e. The number of aromatic nitrogens is 2. The summed E-state index contributed by atoms with van der Waals surface area (Å²) in [5, 5.41) is 17.1. The van der Waals surface area contributed by atoms with Crippen LogP contribution < -0.4 is 26.5 Å². The number of fused-ring (bicyclic) bond motifs is 1. The van der Waals surface area contributed by atoms with Crippen LogP contribution in [0.1, 0.15) is 35.2 Å². The van der Waals surface area contributed by atoms with Crippen molar-refractivity contribution in [3.05, 3.63) is 69.3 Å². The number of nitrogens with one attached hydrogen (secondary N) is 1. The van der Waals surface area contributed by atoms with Crippen LogP contribution >= 0.6 is 0 Å². The number of nitrogens with zero attached hydrogens (tertiary/aromatic N) is 3. The van der Waals surface area contributed by atoms with E-state index in [1.54, 1.807) is 18.2 Å². The Hall–Kier alpha value is -4.37. The van der Waals surface area contributed by atoms with Gasteiger partial charge in [-0.15, -0.1) is 13.2 Å². The zero-order chi connectivity index (χ0) is 26.0. The molecule has 0 bridgehead atoms. The quantitative estimate of drug-likeness (QED) is 0.423. The highest BCUT2D eigenvalue weighted by Gasteiger charge is 2.33. The Morgan fingerprint density at radius 2 is 2.06 bits per heavy atom. The number of rotatable bonds is 7. The Kier molecular flexibility index (Phi) is 6.67. The van der Waals surface area contributed by atoms with Gasteiger partial charge in [-0.05, 0) is 36.6 Å². The number of ether oxygens (including phenoxy) is 2. The summed E-state index contributed by atoms with van der Waals surface area (Å²) in [6, 6.07) is 8.89. The Labute approximate surface area is 202 Å². The second-order valence-electron chi connectivity index (χ2n) is 7.94. The fourth-order valence-electron chi connectivity index (χ4n) is 3.78. The van der Waals surface area contributed by atoms with Crippen molar-refractivity contribution in [2.24, 2.45) is 16.5 Å². The average Bonchev–Trinajstić information content (AvgIpc) is 3.65. The standard InChI is InChI=1S/C24H21F3N6O3/c1-31-22(18(9-28)12-2-5-15-16(6-12)20(11-30)32-33-23(15)34)17-7-14(36-24(25,26)27)8-21(19(17)10-29)35-13-3-4-13/h2,5-9,13H,3-4,11,28,30H2,1H3,(H,33,34)/b18-9-,31-22?. The number of aliphatic imine (C=N–C) groups is 1. The highest BCUT2D eigenvalue weighted by molar-refractivity contribution is 6.33. The molecule has 1 heterocycles. The molecule has 4 rings (SSSR count). The average molecular weight is 498 g/mol. The molecule has 1 fully saturated rings. The van der Waals surface area contributed by atoms with Gasteiger partial charge in [0, 0.05) is 42.4 Å². The van der Waals surface area contributed by atoms with Crippen LogP contribution in [0.15, 0.2) is 46.3 Å². The molecule has 1 aliphatic carbocycles. The van der Waals surface area contributed by atoms with E-state index in [2.05, 4.69) is 19.9 Å². The molecule has 0 saturated heterocycles. The van der Waals surface area contributed by atoms with Crippen molar-refractivity contribution in [1.82, 2.24) is 10.2 Å². The van der Waals surface area contributed by atoms with Crippen molar-refractivity contribution >= 4 is 22.1 Å². The van der Waals surface area contributed by atoms with Gasteiger partial charge in [0.05, 0.1) is 22.9 Å². The first-order valence-electron chi connectivity index (χ1n) is 10.8. The third-order valence-corrected chi connectivity index (χ3v) is 5.51. The van der Waals surface area contributed by atoms with E-state index in [9.17, 15) is 23.2 Å². The van der Waals surface area contributed by atoms with E-state index < -0.39 is 17.7 Å². The lowest BCUT2D eigenvalue weighted by Crippen LogP contribution is -2.18. The number of nitrogens with two attached hydrogens (primary N) is 2. The summed E-state index contributed by atoms with van der Waals surface area (Å²) in [6.45, 7) is 0.0460. The lowest BCUT2D eigenvalue weighted by Gasteiger charge is -2.18. The minimum Gasteiger partial charge on any atom is -0.489 e. The number of allylic oxidation sites excluding steroid dienone is 1. The van der Waals surface area contributed by atoms with Crippen molar-refractivity contribution in [3.63, 3.8) is 0 Å². The summed E-state index contributed by atoms with van der Waals surface area (Å²) in [7, 11) is 1.41. The van der Waals surface area contributed by atoms with E-state index in [0.29, 0.717) is 27.6 Å². The molecular weight excluding hydrogens is 477 g/mol. The molecule has 2 aromatic carbocycles. The molecule has 3 aromatic rings. The predicted octanol–water partition coefficient (Wildman–Crippen LogP) is 3.11. The number of hydrogen-bond donors (Lipinski definition) is 3. The number of aromatic amines is 1. The topological polar surface area (TPSA) is 152 Å². The zero-order valence-corrected chi connectivity index (χ0v) is 19.0. The molecule has 1 saturated carbocycles. The van der Waals surface area contributed by atoms with Gasteiger partial charge in [0.2, 0.25) is 0 Å². The van der Waals surface area contributed by atoms with Gasteiger partial charge in [-0.25, -0.2) is 5.10 Å². The summed E-state index contributed by atoms with van der Waals surface area (Å²) in [5.74, 6) is -0.613. The molecule has 12 heteroatoms. The molecule has 1 aromatic heterocycles. The van der Waals surface area contributed by atoms with Crippen LogP contribution in [0.2, 0.25) is 0 Å². The van der Waals surface area contributed by atoms with Gasteiger partial charge in [0.1, 0.15) is 23.1 Å². The Morgan fingerprint density at radius 1 is 1.31 bits per heavy atom. The van der Waals surface area contributed by atoms with Gasteiger partial charge in [-0.3, -0.25) is 9.79 Å². The number of halogens is 3. The SMILES string of the molecule is CN=C(/C(=C\N)c1ccc2c(=O)[nH]nc(CN)c2c1)c1cc(OC(F)(F)F)cc(OC2CC2)c1C#N. The van der Waals surface area contributed by atoms with Crippen LogP contribution in [-0.2, 0) is 6.54 Å². The zero-order valence-electron chi connectivity index (χ0n) is 19.0. The van der Waals surface area contributed by atoms with Gasteiger partial charge in [0.15, 0.2) is 0 Å². The van der Waals surface area contributed by atoms with Crippen molar-refractivity contribution in [2.45, 2.75) is 31.9 Å². The van der Waals surface area contributed by atoms with Crippen LogP contribution in [0, 0.1) is 11.3 Å². The van der Waals surface area contributed by atoms with Crippen LogP contribution in [-0.4, -0.2) is 35.4 Å². The fourth-order valence-corrected chi connectivity index (χ4v) is 3.78. The highest BCUT2D eigenvalue weighted by atomic mass is 19.4. The maximum absolute atomic E-state index is 13.1. The molecule has 1 aliphatic rings. The fraction of sp³-hybridized carbons (Fsp3) is 0.250. The summed E-state index contributed by atoms with van der Waals surface area (Å²) >= 11 is 0. The first kappa shape index (κ1) is 24.7. The molecule has 186 valence electrons. The molecule has 0 aliphatic heterocycles. The van der Waals surface area contributed by atoms with E-state index in [1.807, 2.05) is 6.07 Å². The smallest absolute Gasteiger partial charge is 0.489 e. The summed E-state index contributed by atoms with van der Waals surface area (Å²) in [6.07, 6.45) is -2.50. The summed E-state index contributed by atoms with van der Waals surface area (Å²) < 4.78 is 49.0. The number of benzene rings is 2. The molecule has 0 amide bonds. The monoisotopic (exact) mass is 498 g/mol. The van der Waals surface area contributed by atoms with E-state index in [4.69, 9.17) is 16.2 Å². The molecule has 0 spiro atoms. The number of nitriles is 1. The largest absolute Gasteiger partial charge is 0.573 e. The van der Waals surface area contributed by atoms with Crippen LogP contribution in [0.4, 0.5) is 13.2 Å². The van der Waals surface area contributed by atoms with Gasteiger partial charge in [0.25, 0.3) is 5.56 Å². The Balaban J connectivity index is 1.89. The second-order valence-corrected chi connectivity index (χ2v) is 7.94. The van der Waals surface area contributed by atoms with Gasteiger partial charge < -0.3 is 20.9 Å². The minimum atomic E-state index is -4.96. The Morgan fingerprint density at radius 3 is 2.64 bits per heavy atom. The minimum absolute atomic E-state index is 0.0158.